The fourth-order valence-corrected chi connectivity index (χ4v) is 4.27. The van der Waals surface area contributed by atoms with Crippen molar-refractivity contribution in [3.8, 4) is 5.88 Å². The Morgan fingerprint density at radius 2 is 1.83 bits per heavy atom. The molecule has 0 amide bonds. The average molecular weight is 426 g/mol. The summed E-state index contributed by atoms with van der Waals surface area (Å²) in [6, 6.07) is 0.295. The van der Waals surface area contributed by atoms with Gasteiger partial charge >= 0.3 is 12.4 Å². The fraction of sp³-hybridized carbons (Fsp3) is 0.737. The molecule has 29 heavy (non-hydrogen) atoms. The molecule has 0 unspecified atom stereocenters. The first kappa shape index (κ1) is 22.1. The molecular weight excluding hydrogens is 402 g/mol. The number of aromatic nitrogens is 1. The maximum Gasteiger partial charge on any atom is 0.418 e. The Hall–Kier alpha value is -1.55. The number of fused-ring (bicyclic) bond motifs is 1. The molecule has 2 saturated heterocycles. The van der Waals surface area contributed by atoms with Gasteiger partial charge in [-0.05, 0) is 46.1 Å². The molecule has 4 nitrogen and oxygen atoms in total. The lowest BCUT2D eigenvalue weighted by atomic mass is 9.95. The van der Waals surface area contributed by atoms with Gasteiger partial charge in [-0.3, -0.25) is 4.90 Å². The molecule has 0 spiro atoms. The molecule has 0 bridgehead atoms. The molecule has 2 aliphatic rings. The summed E-state index contributed by atoms with van der Waals surface area (Å²) in [7, 11) is 0. The minimum Gasteiger partial charge on any atom is -0.476 e. The number of hydrogen-bond donors (Lipinski definition) is 0. The Bertz CT molecular complexity index is 722. The molecule has 0 saturated carbocycles. The first-order chi connectivity index (χ1) is 13.4. The van der Waals surface area contributed by atoms with E-state index < -0.39 is 29.4 Å². The zero-order chi connectivity index (χ0) is 21.4. The van der Waals surface area contributed by atoms with Crippen molar-refractivity contribution in [1.29, 1.82) is 0 Å². The van der Waals surface area contributed by atoms with Crippen LogP contribution in [0.4, 0.5) is 26.3 Å². The lowest BCUT2D eigenvalue weighted by Crippen LogP contribution is -2.47. The Labute approximate surface area is 165 Å². The maximum atomic E-state index is 13.1. The number of pyridine rings is 1. The van der Waals surface area contributed by atoms with E-state index in [4.69, 9.17) is 9.47 Å². The summed E-state index contributed by atoms with van der Waals surface area (Å²) in [6.07, 6.45) is -6.37. The number of ether oxygens (including phenoxy) is 2. The average Bonchev–Trinajstić information content (AvgIpc) is 3.16. The van der Waals surface area contributed by atoms with Crippen molar-refractivity contribution in [3.05, 3.63) is 23.4 Å². The van der Waals surface area contributed by atoms with Crippen molar-refractivity contribution in [2.75, 3.05) is 19.8 Å². The fourth-order valence-electron chi connectivity index (χ4n) is 4.27. The van der Waals surface area contributed by atoms with E-state index in [1.54, 1.807) is 0 Å². The zero-order valence-corrected chi connectivity index (χ0v) is 16.2. The molecule has 3 heterocycles. The second-order valence-electron chi connectivity index (χ2n) is 7.95. The molecule has 0 aromatic carbocycles. The first-order valence-electron chi connectivity index (χ1n) is 9.58. The van der Waals surface area contributed by atoms with Gasteiger partial charge in [0.05, 0.1) is 23.8 Å². The molecule has 0 radical (unpaired) electrons. The van der Waals surface area contributed by atoms with E-state index in [2.05, 4.69) is 9.88 Å². The summed E-state index contributed by atoms with van der Waals surface area (Å²) in [5.74, 6) is -0.458. The second-order valence-corrected chi connectivity index (χ2v) is 7.95. The minimum atomic E-state index is -5.16. The van der Waals surface area contributed by atoms with Crippen LogP contribution in [0.3, 0.4) is 0 Å². The Balaban J connectivity index is 1.70. The molecule has 0 N–H and O–H groups in total. The summed E-state index contributed by atoms with van der Waals surface area (Å²) in [4.78, 5) is 5.73. The summed E-state index contributed by atoms with van der Waals surface area (Å²) < 4.78 is 89.0. The monoisotopic (exact) mass is 426 g/mol. The molecule has 10 heteroatoms. The predicted molar refractivity (Wildman–Crippen MR) is 92.5 cm³/mol. The summed E-state index contributed by atoms with van der Waals surface area (Å²) >= 11 is 0. The lowest BCUT2D eigenvalue weighted by molar-refractivity contribution is -0.162. The second kappa shape index (κ2) is 7.94. The predicted octanol–water partition coefficient (Wildman–Crippen LogP) is 4.92. The van der Waals surface area contributed by atoms with Gasteiger partial charge < -0.3 is 9.47 Å². The molecule has 2 atom stereocenters. The number of hydrogen-bond acceptors (Lipinski definition) is 4. The van der Waals surface area contributed by atoms with E-state index in [1.165, 1.54) is 0 Å². The molecule has 1 aromatic heterocycles. The van der Waals surface area contributed by atoms with Crippen molar-refractivity contribution >= 4 is 0 Å². The number of alkyl halides is 6. The lowest BCUT2D eigenvalue weighted by Gasteiger charge is -2.35. The van der Waals surface area contributed by atoms with Crippen LogP contribution in [0.1, 0.15) is 50.7 Å². The maximum absolute atomic E-state index is 13.1. The molecule has 2 fully saturated rings. The zero-order valence-electron chi connectivity index (χ0n) is 16.2. The van der Waals surface area contributed by atoms with E-state index in [9.17, 15) is 26.3 Å². The van der Waals surface area contributed by atoms with Crippen LogP contribution in [-0.4, -0.2) is 47.3 Å². The summed E-state index contributed by atoms with van der Waals surface area (Å²) in [5.41, 5.74) is -3.70. The van der Waals surface area contributed by atoms with Crippen molar-refractivity contribution in [1.82, 2.24) is 9.88 Å². The highest BCUT2D eigenvalue weighted by atomic mass is 19.4. The first-order valence-corrected chi connectivity index (χ1v) is 9.58. The Kier molecular flexibility index (Phi) is 6.06. The van der Waals surface area contributed by atoms with Gasteiger partial charge in [0.2, 0.25) is 5.88 Å². The van der Waals surface area contributed by atoms with Crippen LogP contribution in [0.2, 0.25) is 0 Å². The molecular formula is C19H24F6N2O2. The van der Waals surface area contributed by atoms with Crippen LogP contribution in [0.15, 0.2) is 12.3 Å². The van der Waals surface area contributed by atoms with E-state index in [1.807, 2.05) is 13.8 Å². The van der Waals surface area contributed by atoms with Crippen LogP contribution in [0.5, 0.6) is 5.88 Å². The van der Waals surface area contributed by atoms with Crippen LogP contribution in [0.25, 0.3) is 0 Å². The standard InChI is InChI=1S/C19H24F6N2O2/c1-12(2)29-11-17-5-3-7-27(17)13(4-6-17)10-28-16-8-14(18(20,21)22)15(9-26-16)19(23,24)25/h8-9,12-13H,3-7,10-11H2,1-2H3/t13-,17-/m0/s1. The van der Waals surface area contributed by atoms with Crippen molar-refractivity contribution in [3.63, 3.8) is 0 Å². The van der Waals surface area contributed by atoms with Crippen LogP contribution < -0.4 is 4.74 Å². The largest absolute Gasteiger partial charge is 0.476 e. The third kappa shape index (κ3) is 4.79. The van der Waals surface area contributed by atoms with Crippen LogP contribution in [0, 0.1) is 0 Å². The molecule has 1 aromatic rings. The normalized spacial score (nSPS) is 25.6. The molecule has 164 valence electrons. The number of halogens is 6. The van der Waals surface area contributed by atoms with Crippen LogP contribution >= 0.6 is 0 Å². The van der Waals surface area contributed by atoms with Crippen molar-refractivity contribution in [2.24, 2.45) is 0 Å². The van der Waals surface area contributed by atoms with Crippen molar-refractivity contribution in [2.45, 2.75) is 69.6 Å². The third-order valence-electron chi connectivity index (χ3n) is 5.63. The summed E-state index contributed by atoms with van der Waals surface area (Å²) in [5, 5.41) is 0. The Morgan fingerprint density at radius 1 is 1.14 bits per heavy atom. The van der Waals surface area contributed by atoms with E-state index in [-0.39, 0.29) is 30.5 Å². The van der Waals surface area contributed by atoms with Gasteiger partial charge in [-0.25, -0.2) is 4.98 Å². The van der Waals surface area contributed by atoms with Gasteiger partial charge in [-0.15, -0.1) is 0 Å². The van der Waals surface area contributed by atoms with E-state index in [0.29, 0.717) is 12.7 Å². The van der Waals surface area contributed by atoms with Gasteiger partial charge in [-0.2, -0.15) is 26.3 Å². The van der Waals surface area contributed by atoms with Gasteiger partial charge in [0.1, 0.15) is 6.61 Å². The van der Waals surface area contributed by atoms with Crippen molar-refractivity contribution < 1.29 is 35.8 Å². The third-order valence-corrected chi connectivity index (χ3v) is 5.63. The van der Waals surface area contributed by atoms with Gasteiger partial charge in [-0.1, -0.05) is 0 Å². The smallest absolute Gasteiger partial charge is 0.418 e. The molecule has 0 aliphatic carbocycles. The minimum absolute atomic E-state index is 0.0355. The highest BCUT2D eigenvalue weighted by Gasteiger charge is 2.49. The Morgan fingerprint density at radius 3 is 2.45 bits per heavy atom. The van der Waals surface area contributed by atoms with Gasteiger partial charge in [0.15, 0.2) is 0 Å². The number of rotatable bonds is 6. The topological polar surface area (TPSA) is 34.6 Å². The SMILES string of the molecule is CC(C)OC[C@@]12CCCN1[C@H](COc1cc(C(F)(F)F)c(C(F)(F)F)cn1)CC2. The molecule has 3 rings (SSSR count). The highest BCUT2D eigenvalue weighted by molar-refractivity contribution is 5.34. The quantitative estimate of drug-likeness (QED) is 0.605. The van der Waals surface area contributed by atoms with E-state index in [0.717, 1.165) is 32.2 Å². The number of nitrogens with zero attached hydrogens (tertiary/aromatic N) is 2. The van der Waals surface area contributed by atoms with Gasteiger partial charge in [0, 0.05) is 23.8 Å². The summed E-state index contributed by atoms with van der Waals surface area (Å²) in [6.45, 7) is 5.40. The molecule has 2 aliphatic heterocycles. The van der Waals surface area contributed by atoms with Gasteiger partial charge in [0.25, 0.3) is 0 Å². The van der Waals surface area contributed by atoms with E-state index >= 15 is 0 Å². The highest BCUT2D eigenvalue weighted by Crippen LogP contribution is 2.44. The van der Waals surface area contributed by atoms with Crippen LogP contribution in [-0.2, 0) is 17.1 Å².